The second-order valence-electron chi connectivity index (χ2n) is 6.03. The molecule has 0 N–H and O–H groups in total. The van der Waals surface area contributed by atoms with Crippen molar-refractivity contribution < 1.29 is 0 Å². The highest BCUT2D eigenvalue weighted by Gasteiger charge is 2.49. The third kappa shape index (κ3) is 1.73. The lowest BCUT2D eigenvalue weighted by Gasteiger charge is -2.49. The molecule has 0 heterocycles. The summed E-state index contributed by atoms with van der Waals surface area (Å²) >= 11 is 0. The fourth-order valence-corrected chi connectivity index (χ4v) is 2.54. The first kappa shape index (κ1) is 11.2. The third-order valence-electron chi connectivity index (χ3n) is 3.95. The van der Waals surface area contributed by atoms with Crippen LogP contribution >= 0.6 is 0 Å². The van der Waals surface area contributed by atoms with Gasteiger partial charge in [-0.25, -0.2) is 0 Å². The second-order valence-corrected chi connectivity index (χ2v) is 6.03. The Balaban J connectivity index is 2.19. The summed E-state index contributed by atoms with van der Waals surface area (Å²) in [4.78, 5) is 0. The largest absolute Gasteiger partial charge is 0.197 e. The molecular weight excluding hydrogens is 194 g/mol. The van der Waals surface area contributed by atoms with Crippen molar-refractivity contribution in [3.63, 3.8) is 0 Å². The lowest BCUT2D eigenvalue weighted by atomic mass is 9.53. The maximum absolute atomic E-state index is 9.42. The SMILES string of the molecule is CC(C)(C)C1CC(C#N)(c2ccccc2)C1. The van der Waals surface area contributed by atoms with Crippen LogP contribution in [-0.4, -0.2) is 0 Å². The van der Waals surface area contributed by atoms with Crippen LogP contribution in [0.5, 0.6) is 0 Å². The Labute approximate surface area is 98.1 Å². The highest BCUT2D eigenvalue weighted by molar-refractivity contribution is 5.36. The van der Waals surface area contributed by atoms with Crippen LogP contribution in [-0.2, 0) is 5.41 Å². The summed E-state index contributed by atoms with van der Waals surface area (Å²) in [5, 5.41) is 9.42. The van der Waals surface area contributed by atoms with Gasteiger partial charge in [-0.05, 0) is 29.7 Å². The van der Waals surface area contributed by atoms with Crippen molar-refractivity contribution in [3.05, 3.63) is 35.9 Å². The molecule has 0 aromatic heterocycles. The van der Waals surface area contributed by atoms with Crippen molar-refractivity contribution in [2.75, 3.05) is 0 Å². The molecule has 0 radical (unpaired) electrons. The summed E-state index contributed by atoms with van der Waals surface area (Å²) in [6.07, 6.45) is 2.02. The molecule has 0 saturated heterocycles. The molecule has 1 aromatic rings. The van der Waals surface area contributed by atoms with Crippen molar-refractivity contribution in [2.24, 2.45) is 11.3 Å². The van der Waals surface area contributed by atoms with Crippen LogP contribution in [0.2, 0.25) is 0 Å². The summed E-state index contributed by atoms with van der Waals surface area (Å²) in [6, 6.07) is 12.8. The van der Waals surface area contributed by atoms with Crippen molar-refractivity contribution in [3.8, 4) is 6.07 Å². The summed E-state index contributed by atoms with van der Waals surface area (Å²) in [7, 11) is 0. The number of rotatable bonds is 1. The van der Waals surface area contributed by atoms with Gasteiger partial charge in [0.2, 0.25) is 0 Å². The molecular formula is C15H19N. The van der Waals surface area contributed by atoms with E-state index in [0.29, 0.717) is 11.3 Å². The van der Waals surface area contributed by atoms with E-state index < -0.39 is 0 Å². The summed E-state index contributed by atoms with van der Waals surface area (Å²) in [6.45, 7) is 6.80. The number of nitrogens with zero attached hydrogens (tertiary/aromatic N) is 1. The van der Waals surface area contributed by atoms with Crippen LogP contribution in [0, 0.1) is 22.7 Å². The minimum absolute atomic E-state index is 0.209. The minimum Gasteiger partial charge on any atom is -0.197 e. The zero-order valence-corrected chi connectivity index (χ0v) is 10.3. The molecule has 1 heteroatoms. The van der Waals surface area contributed by atoms with Gasteiger partial charge < -0.3 is 0 Å². The number of hydrogen-bond donors (Lipinski definition) is 0. The first-order valence-corrected chi connectivity index (χ1v) is 5.95. The van der Waals surface area contributed by atoms with Gasteiger partial charge in [0.05, 0.1) is 11.5 Å². The molecule has 1 nitrogen and oxygen atoms in total. The Morgan fingerprint density at radius 3 is 2.19 bits per heavy atom. The van der Waals surface area contributed by atoms with E-state index in [1.807, 2.05) is 18.2 Å². The average molecular weight is 213 g/mol. The fourth-order valence-electron chi connectivity index (χ4n) is 2.54. The van der Waals surface area contributed by atoms with Gasteiger partial charge >= 0.3 is 0 Å². The summed E-state index contributed by atoms with van der Waals surface area (Å²) in [5.74, 6) is 0.673. The van der Waals surface area contributed by atoms with Crippen molar-refractivity contribution in [1.82, 2.24) is 0 Å². The van der Waals surface area contributed by atoms with Gasteiger partial charge in [-0.1, -0.05) is 51.1 Å². The van der Waals surface area contributed by atoms with Crippen molar-refractivity contribution in [1.29, 1.82) is 5.26 Å². The van der Waals surface area contributed by atoms with Gasteiger partial charge in [-0.3, -0.25) is 0 Å². The van der Waals surface area contributed by atoms with E-state index in [-0.39, 0.29) is 5.41 Å². The van der Waals surface area contributed by atoms with Crippen molar-refractivity contribution in [2.45, 2.75) is 39.0 Å². The monoisotopic (exact) mass is 213 g/mol. The molecule has 2 rings (SSSR count). The topological polar surface area (TPSA) is 23.8 Å². The van der Waals surface area contributed by atoms with Crippen LogP contribution in [0.15, 0.2) is 30.3 Å². The minimum atomic E-state index is -0.209. The Morgan fingerprint density at radius 2 is 1.75 bits per heavy atom. The Hall–Kier alpha value is -1.29. The third-order valence-corrected chi connectivity index (χ3v) is 3.95. The number of hydrogen-bond acceptors (Lipinski definition) is 1. The molecule has 0 amide bonds. The van der Waals surface area contributed by atoms with Crippen LogP contribution in [0.25, 0.3) is 0 Å². The van der Waals surface area contributed by atoms with E-state index in [9.17, 15) is 5.26 Å². The molecule has 1 fully saturated rings. The molecule has 84 valence electrons. The maximum Gasteiger partial charge on any atom is 0.0828 e. The molecule has 0 bridgehead atoms. The second kappa shape index (κ2) is 3.63. The van der Waals surface area contributed by atoms with Gasteiger partial charge in [-0.15, -0.1) is 0 Å². The predicted octanol–water partition coefficient (Wildman–Crippen LogP) is 3.90. The Kier molecular flexibility index (Phi) is 2.54. The Morgan fingerprint density at radius 1 is 1.19 bits per heavy atom. The van der Waals surface area contributed by atoms with Crippen LogP contribution in [0.3, 0.4) is 0 Å². The quantitative estimate of drug-likeness (QED) is 0.694. The predicted molar refractivity (Wildman–Crippen MR) is 65.9 cm³/mol. The molecule has 1 saturated carbocycles. The first-order valence-electron chi connectivity index (χ1n) is 5.95. The zero-order valence-electron chi connectivity index (χ0n) is 10.3. The van der Waals surface area contributed by atoms with Crippen LogP contribution in [0.4, 0.5) is 0 Å². The molecule has 1 aromatic carbocycles. The van der Waals surface area contributed by atoms with Gasteiger partial charge in [0.25, 0.3) is 0 Å². The van der Waals surface area contributed by atoms with E-state index in [4.69, 9.17) is 0 Å². The standard InChI is InChI=1S/C15H19N/c1-14(2,3)13-9-15(10-13,11-16)12-7-5-4-6-8-12/h4-8,13H,9-10H2,1-3H3. The first-order chi connectivity index (χ1) is 7.48. The molecule has 0 aliphatic heterocycles. The van der Waals surface area contributed by atoms with Crippen molar-refractivity contribution >= 4 is 0 Å². The smallest absolute Gasteiger partial charge is 0.0828 e. The number of nitriles is 1. The molecule has 16 heavy (non-hydrogen) atoms. The fraction of sp³-hybridized carbons (Fsp3) is 0.533. The van der Waals surface area contributed by atoms with E-state index >= 15 is 0 Å². The molecule has 1 aliphatic carbocycles. The van der Waals surface area contributed by atoms with Gasteiger partial charge in [0, 0.05) is 0 Å². The van der Waals surface area contributed by atoms with E-state index in [0.717, 1.165) is 12.8 Å². The highest BCUT2D eigenvalue weighted by atomic mass is 14.5. The molecule has 0 spiro atoms. The van der Waals surface area contributed by atoms with E-state index in [1.54, 1.807) is 0 Å². The van der Waals surface area contributed by atoms with Gasteiger partial charge in [0.15, 0.2) is 0 Å². The molecule has 1 aliphatic rings. The molecule has 0 atom stereocenters. The van der Waals surface area contributed by atoms with E-state index in [2.05, 4.69) is 39.0 Å². The lowest BCUT2D eigenvalue weighted by Crippen LogP contribution is -2.45. The van der Waals surface area contributed by atoms with Crippen LogP contribution < -0.4 is 0 Å². The van der Waals surface area contributed by atoms with Gasteiger partial charge in [-0.2, -0.15) is 5.26 Å². The lowest BCUT2D eigenvalue weighted by molar-refractivity contribution is 0.0783. The summed E-state index contributed by atoms with van der Waals surface area (Å²) in [5.41, 5.74) is 1.31. The van der Waals surface area contributed by atoms with Gasteiger partial charge in [0.1, 0.15) is 0 Å². The molecule has 0 unspecified atom stereocenters. The average Bonchev–Trinajstić information content (AvgIpc) is 2.16. The summed E-state index contributed by atoms with van der Waals surface area (Å²) < 4.78 is 0. The Bertz CT molecular complexity index is 399. The zero-order chi connectivity index (χ0) is 11.8. The highest BCUT2D eigenvalue weighted by Crippen LogP contribution is 2.53. The number of benzene rings is 1. The maximum atomic E-state index is 9.42. The van der Waals surface area contributed by atoms with Crippen LogP contribution in [0.1, 0.15) is 39.2 Å². The van der Waals surface area contributed by atoms with E-state index in [1.165, 1.54) is 5.56 Å². The normalized spacial score (nSPS) is 29.2.